The van der Waals surface area contributed by atoms with Crippen LogP contribution in [0.3, 0.4) is 0 Å². The highest BCUT2D eigenvalue weighted by atomic mass is 79.9. The molecule has 6 heteroatoms. The molecule has 18 heavy (non-hydrogen) atoms. The van der Waals surface area contributed by atoms with Crippen molar-refractivity contribution < 1.29 is 0 Å². The Morgan fingerprint density at radius 1 is 1.39 bits per heavy atom. The first kappa shape index (κ1) is 13.3. The minimum absolute atomic E-state index is 0.524. The van der Waals surface area contributed by atoms with E-state index in [4.69, 9.17) is 5.73 Å². The molecule has 2 rings (SSSR count). The van der Waals surface area contributed by atoms with Crippen molar-refractivity contribution in [2.75, 3.05) is 17.7 Å². The van der Waals surface area contributed by atoms with E-state index in [0.29, 0.717) is 5.82 Å². The van der Waals surface area contributed by atoms with Crippen LogP contribution in [0.1, 0.15) is 17.6 Å². The van der Waals surface area contributed by atoms with Gasteiger partial charge in [-0.15, -0.1) is 11.3 Å². The second kappa shape index (κ2) is 5.67. The predicted octanol–water partition coefficient (Wildman–Crippen LogP) is 3.08. The van der Waals surface area contributed by atoms with Gasteiger partial charge in [0.15, 0.2) is 0 Å². The van der Waals surface area contributed by atoms with Crippen molar-refractivity contribution in [2.45, 2.75) is 19.9 Å². The maximum Gasteiger partial charge on any atom is 0.134 e. The molecule has 0 fully saturated rings. The lowest BCUT2D eigenvalue weighted by Crippen LogP contribution is -2.18. The normalized spacial score (nSPS) is 10.6. The molecule has 0 aliphatic carbocycles. The Balaban J connectivity index is 2.17. The highest BCUT2D eigenvalue weighted by molar-refractivity contribution is 9.10. The first-order valence-corrected chi connectivity index (χ1v) is 7.33. The lowest BCUT2D eigenvalue weighted by atomic mass is 10.4. The van der Waals surface area contributed by atoms with E-state index in [1.54, 1.807) is 11.3 Å². The summed E-state index contributed by atoms with van der Waals surface area (Å²) < 4.78 is 1.12. The van der Waals surface area contributed by atoms with Gasteiger partial charge in [-0.3, -0.25) is 0 Å². The molecule has 0 radical (unpaired) electrons. The first-order chi connectivity index (χ1) is 8.58. The fraction of sp³-hybridized carbons (Fsp3) is 0.333. The molecule has 0 bridgehead atoms. The minimum Gasteiger partial charge on any atom is -0.384 e. The summed E-state index contributed by atoms with van der Waals surface area (Å²) in [5.74, 6) is 2.17. The van der Waals surface area contributed by atoms with Crippen molar-refractivity contribution in [3.8, 4) is 0 Å². The van der Waals surface area contributed by atoms with Crippen LogP contribution in [0.4, 0.5) is 11.6 Å². The molecule has 0 spiro atoms. The Morgan fingerprint density at radius 2 is 2.17 bits per heavy atom. The number of halogens is 1. The number of aryl methyl sites for hydroxylation is 1. The summed E-state index contributed by atoms with van der Waals surface area (Å²) in [5, 5.41) is 2.08. The quantitative estimate of drug-likeness (QED) is 0.938. The Kier molecular flexibility index (Phi) is 4.19. The average molecular weight is 327 g/mol. The summed E-state index contributed by atoms with van der Waals surface area (Å²) in [6, 6.07) is 3.92. The van der Waals surface area contributed by atoms with Crippen LogP contribution in [0.5, 0.6) is 0 Å². The summed E-state index contributed by atoms with van der Waals surface area (Å²) in [7, 11) is 2.01. The summed E-state index contributed by atoms with van der Waals surface area (Å²) in [4.78, 5) is 12.0. The van der Waals surface area contributed by atoms with E-state index in [2.05, 4.69) is 42.2 Å². The van der Waals surface area contributed by atoms with E-state index < -0.39 is 0 Å². The smallest absolute Gasteiger partial charge is 0.134 e. The number of thiophene rings is 1. The third-order valence-electron chi connectivity index (χ3n) is 2.50. The third-order valence-corrected chi connectivity index (χ3v) is 4.18. The van der Waals surface area contributed by atoms with Crippen molar-refractivity contribution in [3.63, 3.8) is 0 Å². The van der Waals surface area contributed by atoms with Crippen molar-refractivity contribution in [1.29, 1.82) is 0 Å². The number of hydrogen-bond donors (Lipinski definition) is 1. The van der Waals surface area contributed by atoms with Gasteiger partial charge in [-0.1, -0.05) is 6.92 Å². The van der Waals surface area contributed by atoms with Crippen LogP contribution in [0.15, 0.2) is 22.0 Å². The molecule has 2 aromatic heterocycles. The molecule has 0 unspecified atom stereocenters. The van der Waals surface area contributed by atoms with E-state index >= 15 is 0 Å². The summed E-state index contributed by atoms with van der Waals surface area (Å²) in [6.45, 7) is 2.84. The van der Waals surface area contributed by atoms with Crippen molar-refractivity contribution in [1.82, 2.24) is 9.97 Å². The number of aromatic nitrogens is 2. The van der Waals surface area contributed by atoms with Crippen molar-refractivity contribution in [2.24, 2.45) is 0 Å². The fourth-order valence-corrected chi connectivity index (χ4v) is 3.11. The van der Waals surface area contributed by atoms with Gasteiger partial charge in [0.25, 0.3) is 0 Å². The van der Waals surface area contributed by atoms with Gasteiger partial charge in [-0.25, -0.2) is 9.97 Å². The van der Waals surface area contributed by atoms with E-state index in [1.165, 1.54) is 4.88 Å². The zero-order valence-corrected chi connectivity index (χ0v) is 12.8. The largest absolute Gasteiger partial charge is 0.384 e. The molecular formula is C12H15BrN4S. The summed E-state index contributed by atoms with van der Waals surface area (Å²) in [5.41, 5.74) is 5.79. The standard InChI is InChI=1S/C12H15BrN4S/c1-3-11-15-10(14)5-12(16-11)17(2)6-9-4-8(13)7-18-9/h4-5,7H,3,6H2,1-2H3,(H2,14,15,16). The summed E-state index contributed by atoms with van der Waals surface area (Å²) in [6.07, 6.45) is 0.788. The van der Waals surface area contributed by atoms with E-state index in [1.807, 2.05) is 20.0 Å². The van der Waals surface area contributed by atoms with E-state index in [-0.39, 0.29) is 0 Å². The highest BCUT2D eigenvalue weighted by Gasteiger charge is 2.08. The molecule has 2 heterocycles. The zero-order valence-electron chi connectivity index (χ0n) is 10.4. The number of rotatable bonds is 4. The molecule has 0 aliphatic rings. The average Bonchev–Trinajstić information content (AvgIpc) is 2.73. The summed E-state index contributed by atoms with van der Waals surface area (Å²) >= 11 is 5.18. The van der Waals surface area contributed by atoms with Crippen molar-refractivity contribution >= 4 is 38.9 Å². The molecule has 0 aromatic carbocycles. The van der Waals surface area contributed by atoms with Gasteiger partial charge in [0.05, 0.1) is 6.54 Å². The van der Waals surface area contributed by atoms with Crippen molar-refractivity contribution in [3.05, 3.63) is 32.7 Å². The van der Waals surface area contributed by atoms with Gasteiger partial charge in [-0.05, 0) is 22.0 Å². The molecule has 4 nitrogen and oxygen atoms in total. The second-order valence-electron chi connectivity index (χ2n) is 4.01. The molecule has 2 aromatic rings. The van der Waals surface area contributed by atoms with Gasteiger partial charge in [0.1, 0.15) is 17.5 Å². The lowest BCUT2D eigenvalue weighted by Gasteiger charge is -2.18. The van der Waals surface area contributed by atoms with Crippen LogP contribution < -0.4 is 10.6 Å². The number of nitrogens with zero attached hydrogens (tertiary/aromatic N) is 3. The monoisotopic (exact) mass is 326 g/mol. The predicted molar refractivity (Wildman–Crippen MR) is 79.9 cm³/mol. The molecule has 2 N–H and O–H groups in total. The Bertz CT molecular complexity index is 541. The molecule has 0 atom stereocenters. The Hall–Kier alpha value is -1.14. The Labute approximate surface area is 119 Å². The van der Waals surface area contributed by atoms with Gasteiger partial charge in [0, 0.05) is 34.3 Å². The van der Waals surface area contributed by atoms with Crippen LogP contribution >= 0.6 is 27.3 Å². The number of hydrogen-bond acceptors (Lipinski definition) is 5. The van der Waals surface area contributed by atoms with E-state index in [0.717, 1.165) is 29.1 Å². The SMILES string of the molecule is CCc1nc(N)cc(N(C)Cc2cc(Br)cs2)n1. The highest BCUT2D eigenvalue weighted by Crippen LogP contribution is 2.23. The third kappa shape index (κ3) is 3.20. The fourth-order valence-electron chi connectivity index (χ4n) is 1.61. The maximum absolute atomic E-state index is 5.79. The van der Waals surface area contributed by atoms with Gasteiger partial charge < -0.3 is 10.6 Å². The van der Waals surface area contributed by atoms with E-state index in [9.17, 15) is 0 Å². The minimum atomic E-state index is 0.524. The van der Waals surface area contributed by atoms with Crippen LogP contribution in [-0.2, 0) is 13.0 Å². The van der Waals surface area contributed by atoms with Crippen LogP contribution in [0.2, 0.25) is 0 Å². The first-order valence-electron chi connectivity index (χ1n) is 5.66. The number of nitrogens with two attached hydrogens (primary N) is 1. The molecule has 0 amide bonds. The lowest BCUT2D eigenvalue weighted by molar-refractivity contribution is 0.869. The van der Waals surface area contributed by atoms with Gasteiger partial charge in [-0.2, -0.15) is 0 Å². The second-order valence-corrected chi connectivity index (χ2v) is 5.92. The van der Waals surface area contributed by atoms with Crippen LogP contribution in [0, 0.1) is 0 Å². The molecule has 0 aliphatic heterocycles. The number of anilines is 2. The number of nitrogen functional groups attached to an aromatic ring is 1. The molecule has 96 valence electrons. The molecular weight excluding hydrogens is 312 g/mol. The topological polar surface area (TPSA) is 55.0 Å². The molecule has 0 saturated heterocycles. The zero-order chi connectivity index (χ0) is 13.1. The Morgan fingerprint density at radius 3 is 2.78 bits per heavy atom. The van der Waals surface area contributed by atoms with Gasteiger partial charge >= 0.3 is 0 Å². The van der Waals surface area contributed by atoms with Gasteiger partial charge in [0.2, 0.25) is 0 Å². The maximum atomic E-state index is 5.79. The van der Waals surface area contributed by atoms with Crippen LogP contribution in [-0.4, -0.2) is 17.0 Å². The molecule has 0 saturated carbocycles. The van der Waals surface area contributed by atoms with Crippen LogP contribution in [0.25, 0.3) is 0 Å².